The van der Waals surface area contributed by atoms with E-state index in [0.717, 1.165) is 49.1 Å². The highest BCUT2D eigenvalue weighted by molar-refractivity contribution is 7.89. The number of aldehydes is 1. The number of pyridine rings is 1. The number of aromatic nitrogens is 2. The van der Waals surface area contributed by atoms with Gasteiger partial charge in [0.05, 0.1) is 35.8 Å². The second-order valence-electron chi connectivity index (χ2n) is 19.8. The monoisotopic (exact) mass is 974 g/mol. The van der Waals surface area contributed by atoms with Crippen LogP contribution in [0.25, 0.3) is 22.3 Å². The maximum absolute atomic E-state index is 14.7. The fraction of sp³-hybridized carbons (Fsp3) is 0.551. The lowest BCUT2D eigenvalue weighted by Gasteiger charge is -2.37. The van der Waals surface area contributed by atoms with Gasteiger partial charge in [-0.05, 0) is 74.6 Å². The van der Waals surface area contributed by atoms with E-state index in [2.05, 4.69) is 16.0 Å². The summed E-state index contributed by atoms with van der Waals surface area (Å²) in [6.45, 7) is 10.2. The predicted molar refractivity (Wildman–Crippen MR) is 261 cm³/mol. The number of amides is 3. The highest BCUT2D eigenvalue weighted by Gasteiger charge is 2.56. The molecule has 7 rings (SSSR count). The first-order chi connectivity index (χ1) is 32.3. The Balaban J connectivity index is 1.07. The number of carboxylic acids is 1. The molecule has 2 fully saturated rings. The third kappa shape index (κ3) is 11.7. The van der Waals surface area contributed by atoms with Gasteiger partial charge >= 0.3 is 12.0 Å². The van der Waals surface area contributed by atoms with Crippen molar-refractivity contribution in [2.45, 2.75) is 140 Å². The number of nitrogens with two attached hydrogens (primary N) is 1. The quantitative estimate of drug-likeness (QED) is 0.0438. The van der Waals surface area contributed by atoms with Gasteiger partial charge in [-0.25, -0.2) is 23.2 Å². The van der Waals surface area contributed by atoms with Crippen LogP contribution in [-0.2, 0) is 30.8 Å². The molecule has 0 bridgehead atoms. The van der Waals surface area contributed by atoms with Crippen molar-refractivity contribution >= 4 is 61.6 Å². The molecule has 1 aliphatic carbocycles. The first-order valence-corrected chi connectivity index (χ1v) is 25.9. The van der Waals surface area contributed by atoms with Crippen LogP contribution in [0.5, 0.6) is 11.5 Å². The molecule has 3 aliphatic rings. The minimum atomic E-state index is -3.82. The molecule has 1 saturated heterocycles. The number of methoxy groups -OCH3 is 1. The van der Waals surface area contributed by atoms with Crippen LogP contribution in [0.1, 0.15) is 98.0 Å². The van der Waals surface area contributed by atoms with Crippen molar-refractivity contribution < 1.29 is 42.2 Å². The molecule has 4 aromatic rings. The number of urea groups is 1. The molecule has 6 N–H and O–H groups in total. The minimum absolute atomic E-state index is 0.0207. The van der Waals surface area contributed by atoms with Gasteiger partial charge in [0, 0.05) is 54.5 Å². The number of anilines is 1. The number of sulfonamides is 1. The summed E-state index contributed by atoms with van der Waals surface area (Å²) >= 11 is 1.47. The van der Waals surface area contributed by atoms with Gasteiger partial charge in [-0.15, -0.1) is 11.3 Å². The molecule has 6 atom stereocenters. The van der Waals surface area contributed by atoms with Gasteiger partial charge in [-0.2, -0.15) is 4.31 Å². The number of nitrogens with one attached hydrogen (secondary N) is 3. The van der Waals surface area contributed by atoms with Gasteiger partial charge < -0.3 is 46.0 Å². The van der Waals surface area contributed by atoms with Crippen molar-refractivity contribution in [1.82, 2.24) is 29.8 Å². The number of likely N-dealkylation sites (tertiary alicyclic amines) is 1. The molecule has 68 heavy (non-hydrogen) atoms. The van der Waals surface area contributed by atoms with E-state index in [1.807, 2.05) is 76.4 Å². The van der Waals surface area contributed by atoms with Gasteiger partial charge in [-0.3, -0.25) is 9.59 Å². The zero-order chi connectivity index (χ0) is 49.0. The molecule has 19 heteroatoms. The number of hydrogen-bond donors (Lipinski definition) is 5. The van der Waals surface area contributed by atoms with Gasteiger partial charge in [-0.1, -0.05) is 71.1 Å². The van der Waals surface area contributed by atoms with Crippen molar-refractivity contribution in [3.8, 4) is 22.9 Å². The molecule has 2 aliphatic heterocycles. The zero-order valence-electron chi connectivity index (χ0n) is 39.8. The number of benzene rings is 2. The van der Waals surface area contributed by atoms with Crippen LogP contribution in [0.2, 0.25) is 0 Å². The lowest BCUT2D eigenvalue weighted by molar-refractivity contribution is -0.140. The van der Waals surface area contributed by atoms with Crippen LogP contribution < -0.4 is 31.2 Å². The molecule has 4 heterocycles. The lowest BCUT2D eigenvalue weighted by Crippen LogP contribution is -2.58. The summed E-state index contributed by atoms with van der Waals surface area (Å²) in [5.41, 5.74) is 6.90. The summed E-state index contributed by atoms with van der Waals surface area (Å²) in [4.78, 5) is 64.4. The second kappa shape index (κ2) is 21.1. The van der Waals surface area contributed by atoms with E-state index in [-0.39, 0.29) is 49.3 Å². The smallest absolute Gasteiger partial charge is 0.323 e. The molecule has 3 amide bonds. The van der Waals surface area contributed by atoms with E-state index in [0.29, 0.717) is 53.1 Å². The normalized spacial score (nSPS) is 22.0. The number of fused-ring (bicyclic) bond motifs is 2. The van der Waals surface area contributed by atoms with Crippen LogP contribution in [0.4, 0.5) is 9.93 Å². The van der Waals surface area contributed by atoms with E-state index in [9.17, 15) is 32.7 Å². The van der Waals surface area contributed by atoms with Crippen molar-refractivity contribution in [2.75, 3.05) is 32.1 Å². The molecule has 368 valence electrons. The molecule has 2 aromatic carbocycles. The van der Waals surface area contributed by atoms with E-state index >= 15 is 0 Å². The van der Waals surface area contributed by atoms with Gasteiger partial charge in [0.2, 0.25) is 15.9 Å². The van der Waals surface area contributed by atoms with Crippen LogP contribution >= 0.6 is 11.3 Å². The van der Waals surface area contributed by atoms with Gasteiger partial charge in [0.1, 0.15) is 41.2 Å². The van der Waals surface area contributed by atoms with Crippen LogP contribution in [0.15, 0.2) is 58.8 Å². The maximum atomic E-state index is 14.7. The summed E-state index contributed by atoms with van der Waals surface area (Å²) in [7, 11) is -2.24. The summed E-state index contributed by atoms with van der Waals surface area (Å²) in [5, 5.41) is 22.1. The Bertz CT molecular complexity index is 2580. The molecule has 17 nitrogen and oxygen atoms in total. The number of carbonyl (C=O) groups is 4. The fourth-order valence-corrected chi connectivity index (χ4v) is 11.7. The predicted octanol–water partition coefficient (Wildman–Crippen LogP) is 6.60. The molecular formula is C49H66N8O9S2. The Morgan fingerprint density at radius 3 is 2.49 bits per heavy atom. The average Bonchev–Trinajstić information content (AvgIpc) is 3.55. The van der Waals surface area contributed by atoms with Crippen molar-refractivity contribution in [1.29, 1.82) is 0 Å². The first-order valence-electron chi connectivity index (χ1n) is 23.6. The minimum Gasteiger partial charge on any atom is -0.497 e. The average molecular weight is 975 g/mol. The number of rotatable bonds is 21. The number of hydrogen-bond acceptors (Lipinski definition) is 13. The van der Waals surface area contributed by atoms with E-state index < -0.39 is 63.1 Å². The summed E-state index contributed by atoms with van der Waals surface area (Å²) in [6.07, 6.45) is 6.31. The number of carboxylic acid groups (broad SMARTS) is 1. The van der Waals surface area contributed by atoms with Crippen molar-refractivity contribution in [2.24, 2.45) is 17.1 Å². The van der Waals surface area contributed by atoms with Crippen LogP contribution in [0, 0.1) is 11.3 Å². The third-order valence-electron chi connectivity index (χ3n) is 13.4. The number of thiazole rings is 1. The summed E-state index contributed by atoms with van der Waals surface area (Å²) in [6, 6.07) is 11.4. The van der Waals surface area contributed by atoms with Gasteiger partial charge in [0.15, 0.2) is 5.13 Å². The number of aliphatic carboxylic acids is 1. The molecule has 1 saturated carbocycles. The van der Waals surface area contributed by atoms with E-state index in [4.69, 9.17) is 25.2 Å². The number of unbranched alkanes of at least 4 members (excludes halogenated alkanes) is 4. The zero-order valence-corrected chi connectivity index (χ0v) is 41.5. The Hall–Kier alpha value is -5.37. The molecule has 1 unspecified atom stereocenters. The third-order valence-corrected chi connectivity index (χ3v) is 16.1. The van der Waals surface area contributed by atoms with Gasteiger partial charge in [0.25, 0.3) is 0 Å². The topological polar surface area (TPSA) is 235 Å². The molecular weight excluding hydrogens is 909 g/mol. The highest BCUT2D eigenvalue weighted by atomic mass is 32.2. The Morgan fingerprint density at radius 1 is 1.03 bits per heavy atom. The number of carbonyl (C=O) groups excluding carboxylic acids is 3. The number of ether oxygens (including phenoxy) is 2. The SMILES string of the molecule is COc1ccc2c(O[C@@H]3C[C@@H](C=O)N(C(=O)[C@H](CCCCCCCC4C[C@]4(N)C(=O)O)NC(=O)N[C@H](CN4CCc5ccccc5S4(=O)=O)C(C)(C)C)C3)cc(-c3csc(NC(C)C)n3)nc2c1. The second-order valence-corrected chi connectivity index (χ2v) is 22.6. The molecule has 0 radical (unpaired) electrons. The Morgan fingerprint density at radius 2 is 1.78 bits per heavy atom. The van der Waals surface area contributed by atoms with Crippen molar-refractivity contribution in [3.63, 3.8) is 0 Å². The standard InChI is InChI=1S/C49H66N8O9S2/c1-30(2)51-47-54-40(29-67-47)39-24-41(36-19-18-34(65-6)23-38(36)52-39)66-35-22-33(28-58)57(26-35)44(59)37(16-11-9-7-8-10-15-32-25-49(32,50)45(60)61)53-46(62)55-43(48(3,4)5)27-56-21-20-31-14-12-13-17-42(31)68(56,63)64/h12-14,17-19,23-24,28-30,32-33,35,37,43H,7-11,15-16,20-22,25-27,50H2,1-6H3,(H,51,54)(H,60,61)(H2,53,55,62)/t32?,33-,35+,37-,43+,49+/m0/s1. The largest absolute Gasteiger partial charge is 0.497 e. The maximum Gasteiger partial charge on any atom is 0.323 e. The highest BCUT2D eigenvalue weighted by Crippen LogP contribution is 2.45. The van der Waals surface area contributed by atoms with E-state index in [1.165, 1.54) is 20.5 Å². The fourth-order valence-electron chi connectivity index (χ4n) is 9.16. The van der Waals surface area contributed by atoms with Crippen molar-refractivity contribution in [3.05, 3.63) is 59.5 Å². The first kappa shape index (κ1) is 50.5. The Labute approximate surface area is 403 Å². The van der Waals surface area contributed by atoms with E-state index in [1.54, 1.807) is 19.2 Å². The van der Waals surface area contributed by atoms with Crippen LogP contribution in [-0.4, -0.2) is 119 Å². The molecule has 0 spiro atoms. The number of nitrogens with zero attached hydrogens (tertiary/aromatic N) is 4. The molecule has 2 aromatic heterocycles. The summed E-state index contributed by atoms with van der Waals surface area (Å²) in [5.74, 6) is -0.286. The van der Waals surface area contributed by atoms with Crippen LogP contribution in [0.3, 0.4) is 0 Å². The lowest BCUT2D eigenvalue weighted by atomic mass is 9.86. The Kier molecular flexibility index (Phi) is 15.7. The summed E-state index contributed by atoms with van der Waals surface area (Å²) < 4.78 is 41.1.